The smallest absolute Gasteiger partial charge is 0.226 e. The number of pyridine rings is 1. The Kier molecular flexibility index (Phi) is 4.08. The fourth-order valence-corrected chi connectivity index (χ4v) is 3.72. The molecule has 0 saturated carbocycles. The number of amides is 1. The molecule has 1 unspecified atom stereocenters. The summed E-state index contributed by atoms with van der Waals surface area (Å²) >= 11 is 1.52. The maximum absolute atomic E-state index is 12.3. The predicted molar refractivity (Wildman–Crippen MR) is 91.5 cm³/mol. The van der Waals surface area contributed by atoms with Crippen molar-refractivity contribution in [2.24, 2.45) is 0 Å². The number of nitrogens with one attached hydrogen (secondary N) is 1. The average molecular weight is 339 g/mol. The summed E-state index contributed by atoms with van der Waals surface area (Å²) in [6.45, 7) is 0.789. The number of hydrogen-bond donors (Lipinski definition) is 1. The van der Waals surface area contributed by atoms with Crippen LogP contribution in [-0.4, -0.2) is 31.5 Å². The van der Waals surface area contributed by atoms with Crippen molar-refractivity contribution in [1.29, 1.82) is 0 Å². The van der Waals surface area contributed by atoms with Gasteiger partial charge in [0.25, 0.3) is 0 Å². The van der Waals surface area contributed by atoms with Crippen LogP contribution in [0.15, 0.2) is 42.2 Å². The Labute approximate surface area is 143 Å². The maximum Gasteiger partial charge on any atom is 0.226 e. The van der Waals surface area contributed by atoms with E-state index < -0.39 is 0 Å². The van der Waals surface area contributed by atoms with Crippen LogP contribution in [0.2, 0.25) is 0 Å². The number of thiazole rings is 1. The molecule has 1 aliphatic rings. The zero-order valence-electron chi connectivity index (χ0n) is 13.1. The van der Waals surface area contributed by atoms with Gasteiger partial charge in [-0.1, -0.05) is 6.07 Å². The summed E-state index contributed by atoms with van der Waals surface area (Å²) in [4.78, 5) is 25.4. The molecule has 3 aromatic heterocycles. The molecule has 24 heavy (non-hydrogen) atoms. The second-order valence-electron chi connectivity index (χ2n) is 5.83. The van der Waals surface area contributed by atoms with Gasteiger partial charge in [0, 0.05) is 43.0 Å². The van der Waals surface area contributed by atoms with Gasteiger partial charge in [0.05, 0.1) is 17.8 Å². The Bertz CT molecular complexity index is 842. The molecule has 122 valence electrons. The zero-order chi connectivity index (χ0) is 16.4. The zero-order valence-corrected chi connectivity index (χ0v) is 13.9. The summed E-state index contributed by atoms with van der Waals surface area (Å²) in [5, 5.41) is 5.88. The normalized spacial score (nSPS) is 16.6. The Morgan fingerprint density at radius 1 is 1.33 bits per heavy atom. The first-order valence-corrected chi connectivity index (χ1v) is 8.81. The molecule has 0 aliphatic carbocycles. The first kappa shape index (κ1) is 15.0. The molecule has 1 atom stereocenters. The molecular formula is C17H17N5OS. The minimum Gasteiger partial charge on any atom is -0.351 e. The monoisotopic (exact) mass is 339 g/mol. The van der Waals surface area contributed by atoms with E-state index in [2.05, 4.69) is 24.8 Å². The molecule has 1 aliphatic heterocycles. The second-order valence-corrected chi connectivity index (χ2v) is 6.69. The average Bonchev–Trinajstić information content (AvgIpc) is 3.24. The minimum absolute atomic E-state index is 0.0152. The van der Waals surface area contributed by atoms with Crippen molar-refractivity contribution in [2.45, 2.75) is 31.8 Å². The van der Waals surface area contributed by atoms with E-state index >= 15 is 0 Å². The van der Waals surface area contributed by atoms with Gasteiger partial charge in [-0.25, -0.2) is 9.97 Å². The number of fused-ring (bicyclic) bond motifs is 1. The molecule has 1 N–H and O–H groups in total. The van der Waals surface area contributed by atoms with Crippen LogP contribution in [0, 0.1) is 0 Å². The number of aryl methyl sites for hydroxylation is 1. The van der Waals surface area contributed by atoms with E-state index in [9.17, 15) is 4.79 Å². The van der Waals surface area contributed by atoms with Crippen LogP contribution in [0.3, 0.4) is 0 Å². The third-order valence-corrected chi connectivity index (χ3v) is 4.99. The highest BCUT2D eigenvalue weighted by Gasteiger charge is 2.20. The quantitative estimate of drug-likeness (QED) is 0.790. The third kappa shape index (κ3) is 3.21. The van der Waals surface area contributed by atoms with E-state index in [1.165, 1.54) is 11.3 Å². The van der Waals surface area contributed by atoms with Crippen LogP contribution in [0.25, 0.3) is 10.7 Å². The lowest BCUT2D eigenvalue weighted by Gasteiger charge is -2.24. The van der Waals surface area contributed by atoms with Gasteiger partial charge in [-0.05, 0) is 18.6 Å². The van der Waals surface area contributed by atoms with E-state index in [4.69, 9.17) is 0 Å². The van der Waals surface area contributed by atoms with Crippen molar-refractivity contribution in [1.82, 2.24) is 24.8 Å². The Morgan fingerprint density at radius 3 is 3.17 bits per heavy atom. The van der Waals surface area contributed by atoms with Gasteiger partial charge in [-0.3, -0.25) is 9.78 Å². The number of nitrogens with zero attached hydrogens (tertiary/aromatic N) is 4. The van der Waals surface area contributed by atoms with Crippen LogP contribution in [0.4, 0.5) is 0 Å². The Hall–Kier alpha value is -2.54. The maximum atomic E-state index is 12.3. The lowest BCUT2D eigenvalue weighted by atomic mass is 10.1. The first-order valence-electron chi connectivity index (χ1n) is 7.93. The molecule has 4 heterocycles. The highest BCUT2D eigenvalue weighted by Crippen LogP contribution is 2.21. The number of carbonyl (C=O) groups is 1. The van der Waals surface area contributed by atoms with Crippen LogP contribution >= 0.6 is 11.3 Å². The molecule has 0 fully saturated rings. The molecule has 0 saturated heterocycles. The van der Waals surface area contributed by atoms with Gasteiger partial charge in [0.2, 0.25) is 5.91 Å². The SMILES string of the molecule is O=C(Cc1csc(-c2ccccn2)n1)NC1CCc2nccn2C1. The van der Waals surface area contributed by atoms with Crippen LogP contribution in [-0.2, 0) is 24.2 Å². The van der Waals surface area contributed by atoms with Crippen molar-refractivity contribution in [3.63, 3.8) is 0 Å². The van der Waals surface area contributed by atoms with Gasteiger partial charge >= 0.3 is 0 Å². The minimum atomic E-state index is 0.0152. The van der Waals surface area contributed by atoms with E-state index in [0.29, 0.717) is 6.42 Å². The highest BCUT2D eigenvalue weighted by molar-refractivity contribution is 7.13. The summed E-state index contributed by atoms with van der Waals surface area (Å²) in [7, 11) is 0. The Balaban J connectivity index is 1.36. The van der Waals surface area contributed by atoms with Gasteiger partial charge in [-0.2, -0.15) is 0 Å². The van der Waals surface area contributed by atoms with E-state index in [-0.39, 0.29) is 11.9 Å². The summed E-state index contributed by atoms with van der Waals surface area (Å²) in [5.41, 5.74) is 1.63. The molecule has 0 bridgehead atoms. The van der Waals surface area contributed by atoms with Gasteiger partial charge in [0.1, 0.15) is 10.8 Å². The molecule has 0 spiro atoms. The van der Waals surface area contributed by atoms with E-state index in [0.717, 1.165) is 41.6 Å². The van der Waals surface area contributed by atoms with Crippen molar-refractivity contribution in [2.75, 3.05) is 0 Å². The van der Waals surface area contributed by atoms with Crippen LogP contribution in [0.5, 0.6) is 0 Å². The van der Waals surface area contributed by atoms with Gasteiger partial charge < -0.3 is 9.88 Å². The van der Waals surface area contributed by atoms with Crippen molar-refractivity contribution >= 4 is 17.2 Å². The lowest BCUT2D eigenvalue weighted by Crippen LogP contribution is -2.41. The van der Waals surface area contributed by atoms with E-state index in [1.54, 1.807) is 6.20 Å². The van der Waals surface area contributed by atoms with Gasteiger partial charge in [0.15, 0.2) is 0 Å². The molecule has 6 nitrogen and oxygen atoms in total. The summed E-state index contributed by atoms with van der Waals surface area (Å²) in [5.74, 6) is 1.11. The number of aromatic nitrogens is 4. The van der Waals surface area contributed by atoms with Gasteiger partial charge in [-0.15, -0.1) is 11.3 Å². The highest BCUT2D eigenvalue weighted by atomic mass is 32.1. The van der Waals surface area contributed by atoms with Crippen LogP contribution < -0.4 is 5.32 Å². The summed E-state index contributed by atoms with van der Waals surface area (Å²) in [6, 6.07) is 5.89. The third-order valence-electron chi connectivity index (χ3n) is 4.08. The Morgan fingerprint density at radius 2 is 2.29 bits per heavy atom. The largest absolute Gasteiger partial charge is 0.351 e. The molecule has 0 aromatic carbocycles. The molecular weight excluding hydrogens is 322 g/mol. The number of rotatable bonds is 4. The molecule has 0 radical (unpaired) electrons. The fraction of sp³-hybridized carbons (Fsp3) is 0.294. The van der Waals surface area contributed by atoms with Crippen molar-refractivity contribution < 1.29 is 4.79 Å². The lowest BCUT2D eigenvalue weighted by molar-refractivity contribution is -0.121. The molecule has 1 amide bonds. The van der Waals surface area contributed by atoms with Crippen LogP contribution in [0.1, 0.15) is 17.9 Å². The van der Waals surface area contributed by atoms with E-state index in [1.807, 2.05) is 36.0 Å². The summed E-state index contributed by atoms with van der Waals surface area (Å²) in [6.07, 6.45) is 7.66. The molecule has 3 aromatic rings. The molecule has 4 rings (SSSR count). The topological polar surface area (TPSA) is 72.7 Å². The van der Waals surface area contributed by atoms with Crippen molar-refractivity contribution in [3.05, 3.63) is 53.7 Å². The predicted octanol–water partition coefficient (Wildman–Crippen LogP) is 2.08. The van der Waals surface area contributed by atoms with Crippen molar-refractivity contribution in [3.8, 4) is 10.7 Å². The summed E-state index contributed by atoms with van der Waals surface area (Å²) < 4.78 is 2.11. The standard InChI is InChI=1S/C17H17N5OS/c23-16(20-12-4-5-15-19-7-8-22(15)10-12)9-13-11-24-17(21-13)14-3-1-2-6-18-14/h1-3,6-8,11-12H,4-5,9-10H2,(H,20,23). The number of carbonyl (C=O) groups excluding carboxylic acids is 1. The fourth-order valence-electron chi connectivity index (χ4n) is 2.92. The first-order chi connectivity index (χ1) is 11.8. The molecule has 7 heteroatoms. The second kappa shape index (κ2) is 6.52. The number of imidazole rings is 1. The number of hydrogen-bond acceptors (Lipinski definition) is 5.